The third-order valence-electron chi connectivity index (χ3n) is 2.78. The molecule has 8 heteroatoms. The second-order valence-corrected chi connectivity index (χ2v) is 4.49. The molecule has 0 spiro atoms. The molecule has 0 unspecified atom stereocenters. The molecule has 1 aliphatic heterocycles. The Labute approximate surface area is 126 Å². The van der Waals surface area contributed by atoms with Gasteiger partial charge in [0.05, 0.1) is 6.61 Å². The van der Waals surface area contributed by atoms with Crippen molar-refractivity contribution < 1.29 is 14.2 Å². The Hall–Kier alpha value is -2.28. The summed E-state index contributed by atoms with van der Waals surface area (Å²) in [7, 11) is 0. The van der Waals surface area contributed by atoms with Gasteiger partial charge in [0, 0.05) is 12.1 Å². The number of benzene rings is 1. The average Bonchev–Trinajstić information content (AvgIpc) is 2.94. The van der Waals surface area contributed by atoms with Crippen molar-refractivity contribution in [2.45, 2.75) is 13.5 Å². The number of hydrogen-bond donors (Lipinski definition) is 1. The largest absolute Gasteiger partial charge is 0.464 e. The van der Waals surface area contributed by atoms with Gasteiger partial charge in [-0.25, -0.2) is 0 Å². The Balaban J connectivity index is 1.75. The lowest BCUT2D eigenvalue weighted by molar-refractivity contribution is 0.173. The van der Waals surface area contributed by atoms with E-state index in [0.29, 0.717) is 19.1 Å². The van der Waals surface area contributed by atoms with Crippen molar-refractivity contribution in [2.24, 2.45) is 0 Å². The monoisotopic (exact) mass is 308 g/mol. The van der Waals surface area contributed by atoms with Gasteiger partial charge >= 0.3 is 6.01 Å². The number of para-hydroxylation sites is 1. The molecule has 1 N–H and O–H groups in total. The molecule has 1 aliphatic rings. The smallest absolute Gasteiger partial charge is 0.322 e. The Morgan fingerprint density at radius 1 is 1.29 bits per heavy atom. The van der Waals surface area contributed by atoms with Crippen molar-refractivity contribution in [3.63, 3.8) is 0 Å². The molecule has 0 fully saturated rings. The predicted molar refractivity (Wildman–Crippen MR) is 75.9 cm³/mol. The highest BCUT2D eigenvalue weighted by Crippen LogP contribution is 2.35. The van der Waals surface area contributed by atoms with Crippen LogP contribution >= 0.6 is 11.6 Å². The van der Waals surface area contributed by atoms with Crippen LogP contribution < -0.4 is 19.5 Å². The number of hydrogen-bond acceptors (Lipinski definition) is 7. The quantitative estimate of drug-likeness (QED) is 0.907. The molecule has 0 radical (unpaired) electrons. The first-order chi connectivity index (χ1) is 10.3. The molecule has 0 atom stereocenters. The minimum Gasteiger partial charge on any atom is -0.464 e. The zero-order valence-corrected chi connectivity index (χ0v) is 12.1. The van der Waals surface area contributed by atoms with E-state index in [-0.39, 0.29) is 18.1 Å². The summed E-state index contributed by atoms with van der Waals surface area (Å²) in [6.45, 7) is 3.00. The molecule has 0 aliphatic carbocycles. The van der Waals surface area contributed by atoms with Crippen molar-refractivity contribution in [3.05, 3.63) is 29.0 Å². The number of halogens is 1. The molecule has 7 nitrogen and oxygen atoms in total. The van der Waals surface area contributed by atoms with E-state index in [2.05, 4.69) is 20.3 Å². The topological polar surface area (TPSA) is 78.4 Å². The summed E-state index contributed by atoms with van der Waals surface area (Å²) in [5, 5.41) is 3.15. The fourth-order valence-electron chi connectivity index (χ4n) is 1.91. The molecule has 0 bridgehead atoms. The number of ether oxygens (including phenoxy) is 3. The molecular weight excluding hydrogens is 296 g/mol. The van der Waals surface area contributed by atoms with E-state index >= 15 is 0 Å². The van der Waals surface area contributed by atoms with Crippen LogP contribution in [0.3, 0.4) is 0 Å². The predicted octanol–water partition coefficient (Wildman–Crippen LogP) is 2.26. The molecule has 0 amide bonds. The standard InChI is InChI=1S/C13H13ClN4O3/c1-2-19-13-17-11(14)16-12(18-13)15-6-8-4-3-5-9-10(8)21-7-20-9/h3-5H,2,6-7H2,1H3,(H,15,16,17,18). The summed E-state index contributed by atoms with van der Waals surface area (Å²) in [5.74, 6) is 1.81. The molecule has 1 aromatic heterocycles. The first-order valence-corrected chi connectivity index (χ1v) is 6.80. The summed E-state index contributed by atoms with van der Waals surface area (Å²) >= 11 is 5.83. The van der Waals surface area contributed by atoms with Gasteiger partial charge in [0.1, 0.15) is 0 Å². The van der Waals surface area contributed by atoms with Crippen LogP contribution in [0.4, 0.5) is 5.95 Å². The van der Waals surface area contributed by atoms with Gasteiger partial charge in [0.25, 0.3) is 0 Å². The number of nitrogens with zero attached hydrogens (tertiary/aromatic N) is 3. The normalized spacial score (nSPS) is 12.3. The van der Waals surface area contributed by atoms with E-state index in [1.807, 2.05) is 25.1 Å². The van der Waals surface area contributed by atoms with E-state index < -0.39 is 0 Å². The lowest BCUT2D eigenvalue weighted by Gasteiger charge is -2.08. The highest BCUT2D eigenvalue weighted by atomic mass is 35.5. The van der Waals surface area contributed by atoms with E-state index in [0.717, 1.165) is 17.1 Å². The summed E-state index contributed by atoms with van der Waals surface area (Å²) in [6.07, 6.45) is 0. The van der Waals surface area contributed by atoms with Crippen LogP contribution in [-0.4, -0.2) is 28.4 Å². The molecule has 3 rings (SSSR count). The lowest BCUT2D eigenvalue weighted by Crippen LogP contribution is -2.07. The van der Waals surface area contributed by atoms with Crippen molar-refractivity contribution in [3.8, 4) is 17.5 Å². The van der Waals surface area contributed by atoms with E-state index in [1.54, 1.807) is 0 Å². The minimum atomic E-state index is 0.0776. The molecular formula is C13H13ClN4O3. The van der Waals surface area contributed by atoms with Crippen molar-refractivity contribution >= 4 is 17.5 Å². The second-order valence-electron chi connectivity index (χ2n) is 4.15. The van der Waals surface area contributed by atoms with Crippen LogP contribution in [0.1, 0.15) is 12.5 Å². The zero-order valence-electron chi connectivity index (χ0n) is 11.3. The van der Waals surface area contributed by atoms with Crippen LogP contribution in [0.2, 0.25) is 5.28 Å². The summed E-state index contributed by atoms with van der Waals surface area (Å²) in [5.41, 5.74) is 0.944. The maximum Gasteiger partial charge on any atom is 0.322 e. The highest BCUT2D eigenvalue weighted by molar-refractivity contribution is 6.28. The number of nitrogens with one attached hydrogen (secondary N) is 1. The van der Waals surface area contributed by atoms with Crippen LogP contribution in [0.25, 0.3) is 0 Å². The Morgan fingerprint density at radius 3 is 3.05 bits per heavy atom. The van der Waals surface area contributed by atoms with Gasteiger partial charge in [-0.1, -0.05) is 12.1 Å². The molecule has 1 aromatic carbocycles. The van der Waals surface area contributed by atoms with Gasteiger partial charge in [0.2, 0.25) is 18.0 Å². The minimum absolute atomic E-state index is 0.0776. The van der Waals surface area contributed by atoms with Gasteiger partial charge in [-0.2, -0.15) is 15.0 Å². The summed E-state index contributed by atoms with van der Waals surface area (Å²) < 4.78 is 16.0. The molecule has 2 heterocycles. The molecule has 0 saturated heterocycles. The maximum absolute atomic E-state index is 5.83. The van der Waals surface area contributed by atoms with Crippen molar-refractivity contribution in [1.29, 1.82) is 0 Å². The number of rotatable bonds is 5. The zero-order chi connectivity index (χ0) is 14.7. The first-order valence-electron chi connectivity index (χ1n) is 6.42. The van der Waals surface area contributed by atoms with E-state index in [1.165, 1.54) is 0 Å². The van der Waals surface area contributed by atoms with Crippen LogP contribution in [-0.2, 0) is 6.54 Å². The van der Waals surface area contributed by atoms with Gasteiger partial charge < -0.3 is 19.5 Å². The van der Waals surface area contributed by atoms with Crippen molar-refractivity contribution in [1.82, 2.24) is 15.0 Å². The van der Waals surface area contributed by atoms with Crippen LogP contribution in [0.5, 0.6) is 17.5 Å². The van der Waals surface area contributed by atoms with Gasteiger partial charge in [0.15, 0.2) is 11.5 Å². The number of fused-ring (bicyclic) bond motifs is 1. The average molecular weight is 309 g/mol. The second kappa shape index (κ2) is 6.01. The van der Waals surface area contributed by atoms with Gasteiger partial charge in [-0.15, -0.1) is 0 Å². The Kier molecular flexibility index (Phi) is 3.92. The third-order valence-corrected chi connectivity index (χ3v) is 2.95. The highest BCUT2D eigenvalue weighted by Gasteiger charge is 2.17. The van der Waals surface area contributed by atoms with Gasteiger partial charge in [-0.05, 0) is 24.6 Å². The molecule has 2 aromatic rings. The Morgan fingerprint density at radius 2 is 2.19 bits per heavy atom. The molecule has 110 valence electrons. The fraction of sp³-hybridized carbons (Fsp3) is 0.308. The maximum atomic E-state index is 5.83. The number of aromatic nitrogens is 3. The van der Waals surface area contributed by atoms with Crippen molar-refractivity contribution in [2.75, 3.05) is 18.7 Å². The lowest BCUT2D eigenvalue weighted by atomic mass is 10.2. The third kappa shape index (κ3) is 3.08. The molecule has 0 saturated carbocycles. The molecule has 21 heavy (non-hydrogen) atoms. The summed E-state index contributed by atoms with van der Waals surface area (Å²) in [4.78, 5) is 12.0. The Bertz CT molecular complexity index is 653. The number of anilines is 1. The first kappa shape index (κ1) is 13.7. The SMILES string of the molecule is CCOc1nc(Cl)nc(NCc2cccc3c2OCO3)n1. The van der Waals surface area contributed by atoms with Crippen LogP contribution in [0.15, 0.2) is 18.2 Å². The van der Waals surface area contributed by atoms with E-state index in [9.17, 15) is 0 Å². The van der Waals surface area contributed by atoms with Gasteiger partial charge in [-0.3, -0.25) is 0 Å². The van der Waals surface area contributed by atoms with E-state index in [4.69, 9.17) is 25.8 Å². The summed E-state index contributed by atoms with van der Waals surface area (Å²) in [6, 6.07) is 5.89. The fourth-order valence-corrected chi connectivity index (χ4v) is 2.06. The van der Waals surface area contributed by atoms with Crippen LogP contribution in [0, 0.1) is 0 Å².